The third-order valence-electron chi connectivity index (χ3n) is 5.85. The molecule has 1 saturated heterocycles. The molecule has 0 aliphatic carbocycles. The highest BCUT2D eigenvalue weighted by atomic mass is 32.2. The Hall–Kier alpha value is -2.22. The second-order valence-corrected chi connectivity index (χ2v) is 9.71. The second-order valence-electron chi connectivity index (χ2n) is 8.10. The Kier molecular flexibility index (Phi) is 5.46. The van der Waals surface area contributed by atoms with Crippen molar-refractivity contribution < 1.29 is 17.9 Å². The predicted molar refractivity (Wildman–Crippen MR) is 111 cm³/mol. The minimum Gasteiger partial charge on any atom is -0.486 e. The van der Waals surface area contributed by atoms with E-state index in [0.717, 1.165) is 38.9 Å². The van der Waals surface area contributed by atoms with Crippen molar-refractivity contribution in [2.75, 3.05) is 19.6 Å². The molecule has 0 radical (unpaired) electrons. The van der Waals surface area contributed by atoms with E-state index in [1.165, 1.54) is 5.56 Å². The van der Waals surface area contributed by atoms with Crippen LogP contribution in [0.15, 0.2) is 48.5 Å². The minimum atomic E-state index is -3.64. The zero-order valence-corrected chi connectivity index (χ0v) is 17.2. The van der Waals surface area contributed by atoms with E-state index in [4.69, 9.17) is 9.88 Å². The maximum Gasteiger partial charge on any atom is 0.213 e. The number of nitrogens with two attached hydrogens (primary N) is 1. The lowest BCUT2D eigenvalue weighted by molar-refractivity contribution is -0.00868. The number of carbonyl (C=O) groups excluding carboxylic acids is 1. The molecule has 2 heterocycles. The molecule has 4 rings (SSSR count). The number of piperidine rings is 1. The van der Waals surface area contributed by atoms with Gasteiger partial charge in [-0.1, -0.05) is 36.4 Å². The first-order valence-electron chi connectivity index (χ1n) is 9.94. The molecule has 2 aromatic carbocycles. The third-order valence-corrected chi connectivity index (χ3v) is 6.58. The number of benzene rings is 2. The van der Waals surface area contributed by atoms with Crippen LogP contribution in [0.25, 0.3) is 0 Å². The van der Waals surface area contributed by atoms with Crippen molar-refractivity contribution in [1.29, 1.82) is 0 Å². The standard InChI is InChI=1S/C22H26N2O4S/c23-29(26,27)16-18-6-7-21-19(14-18)20(25)15-22(28-21)9-12-24(13-10-22)11-8-17-4-2-1-3-5-17/h1-7,14H,8-13,15-16H2,(H2,23,26,27). The van der Waals surface area contributed by atoms with Gasteiger partial charge in [0.05, 0.1) is 17.7 Å². The first-order chi connectivity index (χ1) is 13.8. The van der Waals surface area contributed by atoms with Crippen LogP contribution in [0.4, 0.5) is 0 Å². The first kappa shape index (κ1) is 20.1. The molecule has 1 spiro atoms. The monoisotopic (exact) mass is 414 g/mol. The number of Topliss-reactive ketones (excluding diaryl/α,β-unsaturated/α-hetero) is 1. The second kappa shape index (κ2) is 7.89. The summed E-state index contributed by atoms with van der Waals surface area (Å²) >= 11 is 0. The topological polar surface area (TPSA) is 89.7 Å². The molecule has 29 heavy (non-hydrogen) atoms. The predicted octanol–water partition coefficient (Wildman–Crippen LogP) is 2.52. The summed E-state index contributed by atoms with van der Waals surface area (Å²) in [4.78, 5) is 15.2. The average molecular weight is 415 g/mol. The van der Waals surface area contributed by atoms with Crippen LogP contribution in [0, 0.1) is 0 Å². The van der Waals surface area contributed by atoms with E-state index in [0.29, 0.717) is 23.3 Å². The number of ketones is 1. The fourth-order valence-corrected chi connectivity index (χ4v) is 4.90. The molecule has 2 aliphatic heterocycles. The summed E-state index contributed by atoms with van der Waals surface area (Å²) in [6.45, 7) is 2.81. The van der Waals surface area contributed by atoms with Crippen LogP contribution in [0.5, 0.6) is 5.75 Å². The van der Waals surface area contributed by atoms with Gasteiger partial charge in [-0.15, -0.1) is 0 Å². The van der Waals surface area contributed by atoms with Crippen LogP contribution >= 0.6 is 0 Å². The highest BCUT2D eigenvalue weighted by Gasteiger charge is 2.42. The van der Waals surface area contributed by atoms with Gasteiger partial charge in [-0.05, 0) is 29.7 Å². The number of carbonyl (C=O) groups is 1. The molecule has 0 unspecified atom stereocenters. The molecular formula is C22H26N2O4S. The van der Waals surface area contributed by atoms with E-state index in [1.54, 1.807) is 18.2 Å². The molecule has 2 aliphatic rings. The minimum absolute atomic E-state index is 0.0141. The van der Waals surface area contributed by atoms with Gasteiger partial charge in [0.2, 0.25) is 10.0 Å². The summed E-state index contributed by atoms with van der Waals surface area (Å²) in [5.41, 5.74) is 1.86. The maximum absolute atomic E-state index is 12.8. The molecule has 0 saturated carbocycles. The van der Waals surface area contributed by atoms with E-state index in [9.17, 15) is 13.2 Å². The summed E-state index contributed by atoms with van der Waals surface area (Å²) in [6, 6.07) is 15.4. The Bertz CT molecular complexity index is 997. The van der Waals surface area contributed by atoms with Crippen molar-refractivity contribution >= 4 is 15.8 Å². The van der Waals surface area contributed by atoms with Crippen molar-refractivity contribution in [3.8, 4) is 5.75 Å². The quantitative estimate of drug-likeness (QED) is 0.812. The Morgan fingerprint density at radius 3 is 2.45 bits per heavy atom. The number of primary sulfonamides is 1. The molecular weight excluding hydrogens is 388 g/mol. The van der Waals surface area contributed by atoms with Crippen LogP contribution in [-0.4, -0.2) is 44.3 Å². The molecule has 0 aromatic heterocycles. The molecule has 0 amide bonds. The van der Waals surface area contributed by atoms with E-state index >= 15 is 0 Å². The van der Waals surface area contributed by atoms with Gasteiger partial charge >= 0.3 is 0 Å². The van der Waals surface area contributed by atoms with Crippen molar-refractivity contribution in [2.24, 2.45) is 5.14 Å². The van der Waals surface area contributed by atoms with Crippen molar-refractivity contribution in [1.82, 2.24) is 4.90 Å². The molecule has 2 N–H and O–H groups in total. The molecule has 154 valence electrons. The summed E-state index contributed by atoms with van der Waals surface area (Å²) < 4.78 is 28.9. The number of hydrogen-bond donors (Lipinski definition) is 1. The van der Waals surface area contributed by atoms with Gasteiger partial charge in [-0.25, -0.2) is 13.6 Å². The molecule has 2 aromatic rings. The zero-order chi connectivity index (χ0) is 20.5. The Balaban J connectivity index is 1.39. The normalized spacial score (nSPS) is 19.0. The van der Waals surface area contributed by atoms with Crippen molar-refractivity contribution in [2.45, 2.75) is 37.0 Å². The lowest BCUT2D eigenvalue weighted by Crippen LogP contribution is -2.51. The number of nitrogens with zero attached hydrogens (tertiary/aromatic N) is 1. The van der Waals surface area contributed by atoms with Crippen LogP contribution < -0.4 is 9.88 Å². The van der Waals surface area contributed by atoms with Gasteiger partial charge in [-0.3, -0.25) is 4.79 Å². The van der Waals surface area contributed by atoms with Crippen molar-refractivity contribution in [3.63, 3.8) is 0 Å². The van der Waals surface area contributed by atoms with Crippen molar-refractivity contribution in [3.05, 3.63) is 65.2 Å². The number of ether oxygens (including phenoxy) is 1. The number of likely N-dealkylation sites (tertiary alicyclic amines) is 1. The maximum atomic E-state index is 12.8. The van der Waals surface area contributed by atoms with Gasteiger partial charge in [-0.2, -0.15) is 0 Å². The molecule has 0 bridgehead atoms. The fourth-order valence-electron chi connectivity index (χ4n) is 4.26. The van der Waals surface area contributed by atoms with E-state index in [1.807, 2.05) is 6.07 Å². The van der Waals surface area contributed by atoms with Gasteiger partial charge < -0.3 is 9.64 Å². The summed E-state index contributed by atoms with van der Waals surface area (Å²) in [5.74, 6) is 0.284. The smallest absolute Gasteiger partial charge is 0.213 e. The molecule has 7 heteroatoms. The summed E-state index contributed by atoms with van der Waals surface area (Å²) in [7, 11) is -3.64. The van der Waals surface area contributed by atoms with E-state index in [-0.39, 0.29) is 11.5 Å². The van der Waals surface area contributed by atoms with E-state index in [2.05, 4.69) is 29.2 Å². The zero-order valence-electron chi connectivity index (χ0n) is 16.3. The molecule has 1 fully saturated rings. The Labute approximate surface area is 171 Å². The lowest BCUT2D eigenvalue weighted by atomic mass is 9.82. The fraction of sp³-hybridized carbons (Fsp3) is 0.409. The number of sulfonamides is 1. The third kappa shape index (κ3) is 4.86. The first-order valence-corrected chi connectivity index (χ1v) is 11.7. The van der Waals surface area contributed by atoms with Gasteiger partial charge in [0.15, 0.2) is 5.78 Å². The largest absolute Gasteiger partial charge is 0.486 e. The molecule has 0 atom stereocenters. The number of rotatable bonds is 5. The van der Waals surface area contributed by atoms with Gasteiger partial charge in [0.25, 0.3) is 0 Å². The Morgan fingerprint density at radius 1 is 1.03 bits per heavy atom. The number of hydrogen-bond acceptors (Lipinski definition) is 5. The van der Waals surface area contributed by atoms with Crippen LogP contribution in [0.1, 0.15) is 40.7 Å². The van der Waals surface area contributed by atoms with Crippen LogP contribution in [-0.2, 0) is 22.2 Å². The lowest BCUT2D eigenvalue weighted by Gasteiger charge is -2.44. The van der Waals surface area contributed by atoms with Gasteiger partial charge in [0, 0.05) is 32.5 Å². The van der Waals surface area contributed by atoms with Crippen LogP contribution in [0.2, 0.25) is 0 Å². The Morgan fingerprint density at radius 2 is 1.76 bits per heavy atom. The SMILES string of the molecule is NS(=O)(=O)Cc1ccc2c(c1)C(=O)CC1(CCN(CCc3ccccc3)CC1)O2. The van der Waals surface area contributed by atoms with E-state index < -0.39 is 15.6 Å². The number of fused-ring (bicyclic) bond motifs is 1. The average Bonchev–Trinajstić information content (AvgIpc) is 2.68. The summed E-state index contributed by atoms with van der Waals surface area (Å²) in [6.07, 6.45) is 2.98. The highest BCUT2D eigenvalue weighted by Crippen LogP contribution is 2.39. The summed E-state index contributed by atoms with van der Waals surface area (Å²) in [5, 5.41) is 5.12. The van der Waals surface area contributed by atoms with Gasteiger partial charge in [0.1, 0.15) is 11.4 Å². The highest BCUT2D eigenvalue weighted by molar-refractivity contribution is 7.88. The van der Waals surface area contributed by atoms with Crippen LogP contribution in [0.3, 0.4) is 0 Å². The molecule has 6 nitrogen and oxygen atoms in total.